The highest BCUT2D eigenvalue weighted by Gasteiger charge is 2.27. The summed E-state index contributed by atoms with van der Waals surface area (Å²) in [6.45, 7) is 5.21. The highest BCUT2D eigenvalue weighted by Crippen LogP contribution is 2.26. The zero-order valence-corrected chi connectivity index (χ0v) is 12.5. The Balaban J connectivity index is 0.00000133. The molecule has 2 aromatic heterocycles. The Morgan fingerprint density at radius 1 is 1.53 bits per heavy atom. The lowest BCUT2D eigenvalue weighted by Gasteiger charge is -2.14. The van der Waals surface area contributed by atoms with E-state index < -0.39 is 0 Å². The molecule has 0 radical (unpaired) electrons. The topological polar surface area (TPSA) is 57.9 Å². The van der Waals surface area contributed by atoms with E-state index in [-0.39, 0.29) is 12.4 Å². The molecule has 0 spiro atoms. The van der Waals surface area contributed by atoms with Crippen LogP contribution in [0.3, 0.4) is 0 Å². The van der Waals surface area contributed by atoms with Gasteiger partial charge < -0.3 is 5.73 Å². The maximum atomic E-state index is 6.07. The van der Waals surface area contributed by atoms with Crippen LogP contribution >= 0.6 is 23.7 Å². The Morgan fingerprint density at radius 2 is 2.37 bits per heavy atom. The predicted molar refractivity (Wildman–Crippen MR) is 81.6 cm³/mol. The van der Waals surface area contributed by atoms with E-state index in [1.54, 1.807) is 11.3 Å². The van der Waals surface area contributed by atoms with E-state index in [4.69, 9.17) is 5.73 Å². The van der Waals surface area contributed by atoms with Crippen LogP contribution in [0.15, 0.2) is 23.0 Å². The molecule has 2 atom stereocenters. The number of likely N-dealkylation sites (tertiary alicyclic amines) is 1. The summed E-state index contributed by atoms with van der Waals surface area (Å²) in [6.07, 6.45) is 1.93. The van der Waals surface area contributed by atoms with E-state index in [1.807, 2.05) is 6.20 Å². The molecule has 3 rings (SSSR count). The SMILES string of the molecule is CC1CN(Cc2cn[nH]c2-c2ccsc2)CC1N.Cl. The van der Waals surface area contributed by atoms with Gasteiger partial charge in [-0.15, -0.1) is 12.4 Å². The van der Waals surface area contributed by atoms with E-state index >= 15 is 0 Å². The molecule has 3 heterocycles. The standard InChI is InChI=1S/C13H18N4S.ClH/c1-9-5-17(7-12(9)14)6-11-4-15-16-13(11)10-2-3-18-8-10;/h2-4,8-9,12H,5-7,14H2,1H3,(H,15,16);1H. The largest absolute Gasteiger partial charge is 0.326 e. The molecule has 1 aliphatic rings. The molecule has 1 fully saturated rings. The molecule has 4 nitrogen and oxygen atoms in total. The van der Waals surface area contributed by atoms with Crippen LogP contribution in [0.4, 0.5) is 0 Å². The minimum Gasteiger partial charge on any atom is -0.326 e. The fourth-order valence-electron chi connectivity index (χ4n) is 2.55. The lowest BCUT2D eigenvalue weighted by molar-refractivity contribution is 0.319. The molecular weight excluding hydrogens is 280 g/mol. The van der Waals surface area contributed by atoms with Gasteiger partial charge in [0.25, 0.3) is 0 Å². The number of halogens is 1. The zero-order chi connectivity index (χ0) is 12.5. The fraction of sp³-hybridized carbons (Fsp3) is 0.462. The summed E-state index contributed by atoms with van der Waals surface area (Å²) in [7, 11) is 0. The highest BCUT2D eigenvalue weighted by atomic mass is 35.5. The summed E-state index contributed by atoms with van der Waals surface area (Å²) >= 11 is 1.71. The molecule has 2 aromatic rings. The average Bonchev–Trinajstić information content (AvgIpc) is 3.01. The first-order chi connectivity index (χ1) is 8.74. The molecule has 19 heavy (non-hydrogen) atoms. The van der Waals surface area contributed by atoms with Crippen molar-refractivity contribution in [3.8, 4) is 11.3 Å². The molecule has 0 saturated carbocycles. The monoisotopic (exact) mass is 298 g/mol. The van der Waals surface area contributed by atoms with Gasteiger partial charge in [-0.2, -0.15) is 16.4 Å². The van der Waals surface area contributed by atoms with Gasteiger partial charge in [0.1, 0.15) is 0 Å². The van der Waals surface area contributed by atoms with E-state index in [2.05, 4.69) is 38.8 Å². The molecule has 0 aromatic carbocycles. The van der Waals surface area contributed by atoms with Crippen molar-refractivity contribution < 1.29 is 0 Å². The molecule has 3 N–H and O–H groups in total. The second-order valence-electron chi connectivity index (χ2n) is 5.12. The quantitative estimate of drug-likeness (QED) is 0.914. The molecule has 6 heteroatoms. The molecule has 0 bridgehead atoms. The van der Waals surface area contributed by atoms with Crippen molar-refractivity contribution in [2.75, 3.05) is 13.1 Å². The molecular formula is C13H19ClN4S. The Hall–Kier alpha value is -0.880. The Morgan fingerprint density at radius 3 is 3.00 bits per heavy atom. The van der Waals surface area contributed by atoms with E-state index in [0.29, 0.717) is 12.0 Å². The van der Waals surface area contributed by atoms with Crippen molar-refractivity contribution in [1.82, 2.24) is 15.1 Å². The van der Waals surface area contributed by atoms with Crippen LogP contribution in [0, 0.1) is 5.92 Å². The third kappa shape index (κ3) is 3.00. The van der Waals surface area contributed by atoms with E-state index in [9.17, 15) is 0 Å². The summed E-state index contributed by atoms with van der Waals surface area (Å²) in [5.74, 6) is 0.585. The van der Waals surface area contributed by atoms with Crippen LogP contribution in [-0.4, -0.2) is 34.2 Å². The normalized spacial score (nSPS) is 23.5. The van der Waals surface area contributed by atoms with Crippen LogP contribution in [0.1, 0.15) is 12.5 Å². The predicted octanol–water partition coefficient (Wildman–Crippen LogP) is 2.34. The number of hydrogen-bond donors (Lipinski definition) is 2. The summed E-state index contributed by atoms with van der Waals surface area (Å²) in [5, 5.41) is 11.5. The number of aromatic nitrogens is 2. The second-order valence-corrected chi connectivity index (χ2v) is 5.90. The third-order valence-corrected chi connectivity index (χ3v) is 4.35. The van der Waals surface area contributed by atoms with Crippen LogP contribution in [0.2, 0.25) is 0 Å². The number of nitrogens with zero attached hydrogens (tertiary/aromatic N) is 2. The summed E-state index contributed by atoms with van der Waals surface area (Å²) < 4.78 is 0. The van der Waals surface area contributed by atoms with Crippen LogP contribution in [-0.2, 0) is 6.54 Å². The van der Waals surface area contributed by atoms with Gasteiger partial charge in [-0.25, -0.2) is 0 Å². The summed E-state index contributed by atoms with van der Waals surface area (Å²) in [4.78, 5) is 2.41. The molecule has 0 amide bonds. The van der Waals surface area contributed by atoms with Gasteiger partial charge in [-0.1, -0.05) is 6.92 Å². The first-order valence-corrected chi connectivity index (χ1v) is 7.21. The van der Waals surface area contributed by atoms with Crippen molar-refractivity contribution in [3.63, 3.8) is 0 Å². The number of hydrogen-bond acceptors (Lipinski definition) is 4. The maximum absolute atomic E-state index is 6.07. The van der Waals surface area contributed by atoms with Crippen molar-refractivity contribution in [3.05, 3.63) is 28.6 Å². The first-order valence-electron chi connectivity index (χ1n) is 6.27. The van der Waals surface area contributed by atoms with Crippen molar-refractivity contribution in [1.29, 1.82) is 0 Å². The lowest BCUT2D eigenvalue weighted by atomic mass is 10.1. The molecule has 2 unspecified atom stereocenters. The zero-order valence-electron chi connectivity index (χ0n) is 10.9. The van der Waals surface area contributed by atoms with Gasteiger partial charge in [0, 0.05) is 42.2 Å². The fourth-order valence-corrected chi connectivity index (χ4v) is 3.20. The second kappa shape index (κ2) is 6.05. The van der Waals surface area contributed by atoms with Crippen LogP contribution in [0.25, 0.3) is 11.3 Å². The molecule has 1 aliphatic heterocycles. The number of H-pyrrole nitrogens is 1. The number of nitrogens with one attached hydrogen (secondary N) is 1. The smallest absolute Gasteiger partial charge is 0.0703 e. The van der Waals surface area contributed by atoms with Gasteiger partial charge in [0.05, 0.1) is 11.9 Å². The van der Waals surface area contributed by atoms with Gasteiger partial charge in [-0.05, 0) is 17.4 Å². The number of aromatic amines is 1. The third-order valence-electron chi connectivity index (χ3n) is 3.67. The Labute approximate surface area is 123 Å². The van der Waals surface area contributed by atoms with Crippen molar-refractivity contribution in [2.45, 2.75) is 19.5 Å². The number of rotatable bonds is 3. The van der Waals surface area contributed by atoms with Gasteiger partial charge in [0.2, 0.25) is 0 Å². The first kappa shape index (κ1) is 14.5. The highest BCUT2D eigenvalue weighted by molar-refractivity contribution is 7.08. The van der Waals surface area contributed by atoms with E-state index in [1.165, 1.54) is 11.1 Å². The van der Waals surface area contributed by atoms with Crippen LogP contribution in [0.5, 0.6) is 0 Å². The molecule has 0 aliphatic carbocycles. The minimum atomic E-state index is 0. The summed E-state index contributed by atoms with van der Waals surface area (Å²) in [5.41, 5.74) is 9.69. The minimum absolute atomic E-state index is 0. The van der Waals surface area contributed by atoms with Gasteiger partial charge in [0.15, 0.2) is 0 Å². The summed E-state index contributed by atoms with van der Waals surface area (Å²) in [6, 6.07) is 2.43. The number of nitrogens with two attached hydrogens (primary N) is 1. The Bertz CT molecular complexity index is 500. The van der Waals surface area contributed by atoms with Gasteiger partial charge in [-0.3, -0.25) is 10.00 Å². The van der Waals surface area contributed by atoms with Crippen molar-refractivity contribution in [2.24, 2.45) is 11.7 Å². The van der Waals surface area contributed by atoms with E-state index in [0.717, 1.165) is 25.3 Å². The van der Waals surface area contributed by atoms with Crippen LogP contribution < -0.4 is 5.73 Å². The lowest BCUT2D eigenvalue weighted by Crippen LogP contribution is -2.28. The number of thiophene rings is 1. The maximum Gasteiger partial charge on any atom is 0.0703 e. The van der Waals surface area contributed by atoms with Gasteiger partial charge >= 0.3 is 0 Å². The molecule has 1 saturated heterocycles. The Kier molecular flexibility index (Phi) is 4.62. The average molecular weight is 299 g/mol. The molecule has 104 valence electrons. The van der Waals surface area contributed by atoms with Crippen molar-refractivity contribution >= 4 is 23.7 Å².